The lowest BCUT2D eigenvalue weighted by atomic mass is 10.2. The average molecular weight is 337 g/mol. The third-order valence-corrected chi connectivity index (χ3v) is 3.21. The second-order valence-electron chi connectivity index (χ2n) is 5.10. The van der Waals surface area contributed by atoms with Crippen molar-refractivity contribution in [3.8, 4) is 5.75 Å². The highest BCUT2D eigenvalue weighted by molar-refractivity contribution is 5.44. The maximum Gasteiger partial charge on any atom is 0.453 e. The number of nitrogens with zero attached hydrogens (tertiary/aromatic N) is 4. The van der Waals surface area contributed by atoms with E-state index in [0.29, 0.717) is 17.7 Å². The summed E-state index contributed by atoms with van der Waals surface area (Å²) in [5.74, 6) is -0.152. The molecule has 1 N–H and O–H groups in total. The zero-order valence-electron chi connectivity index (χ0n) is 12.7. The fourth-order valence-corrected chi connectivity index (χ4v) is 2.04. The number of ether oxygens (including phenoxy) is 1. The predicted octanol–water partition coefficient (Wildman–Crippen LogP) is 2.94. The molecule has 0 amide bonds. The third kappa shape index (κ3) is 3.55. The first-order valence-corrected chi connectivity index (χ1v) is 7.16. The fraction of sp³-hybridized carbons (Fsp3) is 0.267. The van der Waals surface area contributed by atoms with E-state index in [-0.39, 0.29) is 11.5 Å². The molecule has 0 aliphatic rings. The van der Waals surface area contributed by atoms with Crippen LogP contribution in [0.3, 0.4) is 0 Å². The van der Waals surface area contributed by atoms with E-state index in [2.05, 4.69) is 20.6 Å². The van der Waals surface area contributed by atoms with Gasteiger partial charge in [-0.25, -0.2) is 0 Å². The molecule has 0 unspecified atom stereocenters. The lowest BCUT2D eigenvalue weighted by Gasteiger charge is -2.09. The Labute approximate surface area is 135 Å². The molecular formula is C15H14F3N5O. The molecule has 3 aromatic rings. The normalized spacial score (nSPS) is 11.7. The summed E-state index contributed by atoms with van der Waals surface area (Å²) in [4.78, 5) is 0. The second-order valence-corrected chi connectivity index (χ2v) is 5.10. The summed E-state index contributed by atoms with van der Waals surface area (Å²) in [6.45, 7) is 2.71. The van der Waals surface area contributed by atoms with E-state index < -0.39 is 12.0 Å². The van der Waals surface area contributed by atoms with Crippen LogP contribution in [-0.4, -0.2) is 33.0 Å². The molecule has 0 aliphatic heterocycles. The first kappa shape index (κ1) is 16.0. The van der Waals surface area contributed by atoms with Crippen molar-refractivity contribution in [2.45, 2.75) is 13.1 Å². The predicted molar refractivity (Wildman–Crippen MR) is 80.9 cm³/mol. The number of fused-ring (bicyclic) bond motifs is 1. The summed E-state index contributed by atoms with van der Waals surface area (Å²) in [5.41, 5.74) is 1.16. The molecular weight excluding hydrogens is 323 g/mol. The van der Waals surface area contributed by atoms with E-state index in [0.717, 1.165) is 11.3 Å². The summed E-state index contributed by atoms with van der Waals surface area (Å²) in [6, 6.07) is 10.5. The molecule has 0 fully saturated rings. The molecule has 6 nitrogen and oxygen atoms in total. The van der Waals surface area contributed by atoms with Gasteiger partial charge in [-0.15, -0.1) is 15.3 Å². The Hall–Kier alpha value is -2.84. The molecule has 0 bridgehead atoms. The molecule has 0 spiro atoms. The van der Waals surface area contributed by atoms with Gasteiger partial charge in [0.05, 0.1) is 6.54 Å². The number of nitrogens with one attached hydrogen (secondary N) is 1. The van der Waals surface area contributed by atoms with Crippen LogP contribution in [-0.2, 0) is 6.18 Å². The lowest BCUT2D eigenvalue weighted by Crippen LogP contribution is -2.15. The van der Waals surface area contributed by atoms with Gasteiger partial charge in [-0.05, 0) is 31.2 Å². The maximum atomic E-state index is 12.8. The van der Waals surface area contributed by atoms with Crippen molar-refractivity contribution >= 4 is 11.5 Å². The van der Waals surface area contributed by atoms with Crippen LogP contribution in [0, 0.1) is 6.92 Å². The van der Waals surface area contributed by atoms with Gasteiger partial charge >= 0.3 is 6.18 Å². The van der Waals surface area contributed by atoms with Crippen LogP contribution in [0.25, 0.3) is 5.65 Å². The topological polar surface area (TPSA) is 64.3 Å². The Kier molecular flexibility index (Phi) is 4.24. The van der Waals surface area contributed by atoms with Crippen LogP contribution < -0.4 is 10.1 Å². The summed E-state index contributed by atoms with van der Waals surface area (Å²) < 4.78 is 44.6. The van der Waals surface area contributed by atoms with E-state index >= 15 is 0 Å². The Morgan fingerprint density at radius 1 is 1.08 bits per heavy atom. The van der Waals surface area contributed by atoms with E-state index in [9.17, 15) is 13.2 Å². The maximum absolute atomic E-state index is 12.8. The number of aromatic nitrogens is 4. The van der Waals surface area contributed by atoms with Crippen molar-refractivity contribution < 1.29 is 17.9 Å². The molecule has 126 valence electrons. The molecule has 0 saturated heterocycles. The quantitative estimate of drug-likeness (QED) is 0.725. The van der Waals surface area contributed by atoms with Gasteiger partial charge in [-0.2, -0.15) is 17.7 Å². The number of hydrogen-bond donors (Lipinski definition) is 1. The second kappa shape index (κ2) is 6.34. The number of alkyl halides is 3. The van der Waals surface area contributed by atoms with Crippen molar-refractivity contribution in [3.05, 3.63) is 47.8 Å². The van der Waals surface area contributed by atoms with Crippen LogP contribution in [0.2, 0.25) is 0 Å². The van der Waals surface area contributed by atoms with E-state index in [1.165, 1.54) is 12.1 Å². The van der Waals surface area contributed by atoms with Crippen molar-refractivity contribution in [2.24, 2.45) is 0 Å². The largest absolute Gasteiger partial charge is 0.492 e. The summed E-state index contributed by atoms with van der Waals surface area (Å²) in [6.07, 6.45) is -4.61. The van der Waals surface area contributed by atoms with Crippen LogP contribution in [0.1, 0.15) is 11.4 Å². The van der Waals surface area contributed by atoms with Gasteiger partial charge in [0.15, 0.2) is 5.65 Å². The molecule has 2 aromatic heterocycles. The van der Waals surface area contributed by atoms with Crippen molar-refractivity contribution in [3.63, 3.8) is 0 Å². The number of anilines is 1. The fourth-order valence-electron chi connectivity index (χ4n) is 2.04. The third-order valence-electron chi connectivity index (χ3n) is 3.21. The van der Waals surface area contributed by atoms with Crippen molar-refractivity contribution in [2.75, 3.05) is 18.5 Å². The highest BCUT2D eigenvalue weighted by atomic mass is 19.4. The summed E-state index contributed by atoms with van der Waals surface area (Å²) in [7, 11) is 0. The van der Waals surface area contributed by atoms with Gasteiger partial charge in [0.1, 0.15) is 18.2 Å². The Bertz CT molecular complexity index is 829. The highest BCUT2D eigenvalue weighted by Crippen LogP contribution is 2.27. The summed E-state index contributed by atoms with van der Waals surface area (Å²) in [5, 5.41) is 13.3. The minimum atomic E-state index is -4.61. The zero-order valence-corrected chi connectivity index (χ0v) is 12.7. The molecule has 24 heavy (non-hydrogen) atoms. The van der Waals surface area contributed by atoms with Crippen LogP contribution in [0.4, 0.5) is 19.0 Å². The molecule has 3 rings (SSSR count). The van der Waals surface area contributed by atoms with Gasteiger partial charge in [0, 0.05) is 0 Å². The molecule has 1 aromatic carbocycles. The smallest absolute Gasteiger partial charge is 0.453 e. The minimum absolute atomic E-state index is 0.0313. The van der Waals surface area contributed by atoms with Crippen molar-refractivity contribution in [1.29, 1.82) is 0 Å². The van der Waals surface area contributed by atoms with Gasteiger partial charge in [-0.3, -0.25) is 0 Å². The molecule has 0 atom stereocenters. The number of benzene rings is 1. The number of aryl methyl sites for hydroxylation is 1. The Morgan fingerprint density at radius 3 is 2.54 bits per heavy atom. The SMILES string of the molecule is Cc1ccc(OCCNc2ccc3nnc(C(F)(F)F)n3n2)cc1. The number of rotatable bonds is 5. The van der Waals surface area contributed by atoms with Gasteiger partial charge < -0.3 is 10.1 Å². The van der Waals surface area contributed by atoms with Crippen LogP contribution >= 0.6 is 0 Å². The number of halogens is 3. The molecule has 0 saturated carbocycles. The minimum Gasteiger partial charge on any atom is -0.492 e. The van der Waals surface area contributed by atoms with E-state index in [1.54, 1.807) is 0 Å². The first-order chi connectivity index (χ1) is 11.4. The Balaban J connectivity index is 1.62. The van der Waals surface area contributed by atoms with Crippen molar-refractivity contribution in [1.82, 2.24) is 19.8 Å². The van der Waals surface area contributed by atoms with Gasteiger partial charge in [0.25, 0.3) is 5.82 Å². The standard InChI is InChI=1S/C15H14F3N5O/c1-10-2-4-11(5-3-10)24-9-8-19-12-6-7-13-20-21-14(15(16,17)18)23(13)22-12/h2-7H,8-9H2,1H3,(H,19,22). The van der Waals surface area contributed by atoms with E-state index in [4.69, 9.17) is 4.74 Å². The summed E-state index contributed by atoms with van der Waals surface area (Å²) >= 11 is 0. The highest BCUT2D eigenvalue weighted by Gasteiger charge is 2.37. The zero-order chi connectivity index (χ0) is 17.2. The van der Waals surface area contributed by atoms with Gasteiger partial charge in [0.2, 0.25) is 0 Å². The monoisotopic (exact) mass is 337 g/mol. The van der Waals surface area contributed by atoms with E-state index in [1.807, 2.05) is 31.2 Å². The first-order valence-electron chi connectivity index (χ1n) is 7.16. The molecule has 9 heteroatoms. The Morgan fingerprint density at radius 2 is 1.83 bits per heavy atom. The average Bonchev–Trinajstić information content (AvgIpc) is 2.96. The number of hydrogen-bond acceptors (Lipinski definition) is 5. The van der Waals surface area contributed by atoms with Crippen LogP contribution in [0.5, 0.6) is 5.75 Å². The molecule has 0 radical (unpaired) electrons. The molecule has 2 heterocycles. The molecule has 0 aliphatic carbocycles. The van der Waals surface area contributed by atoms with Crippen LogP contribution in [0.15, 0.2) is 36.4 Å². The lowest BCUT2D eigenvalue weighted by molar-refractivity contribution is -0.146. The van der Waals surface area contributed by atoms with Gasteiger partial charge in [-0.1, -0.05) is 17.7 Å².